The molecule has 0 aliphatic carbocycles. The first kappa shape index (κ1) is 13.3. The smallest absolute Gasteiger partial charge is 0.282 e. The van der Waals surface area contributed by atoms with E-state index < -0.39 is 10.1 Å². The third kappa shape index (κ3) is 2.99. The molecule has 6 nitrogen and oxygen atoms in total. The third-order valence-corrected chi connectivity index (χ3v) is 3.67. The predicted octanol–water partition coefficient (Wildman–Crippen LogP) is 2.51. The van der Waals surface area contributed by atoms with Gasteiger partial charge in [0.15, 0.2) is 0 Å². The van der Waals surface area contributed by atoms with Gasteiger partial charge in [0.1, 0.15) is 0 Å². The summed E-state index contributed by atoms with van der Waals surface area (Å²) in [6.45, 7) is 0. The standard InChI is InChI=1S/C10H8O6S2/c11-15-16-17-9-3-1-8-6-10(18(12,13)14)4-2-7(8)5-9/h1-6,11H,(H,12,13,14). The first-order valence-corrected chi connectivity index (χ1v) is 6.85. The molecule has 2 N–H and O–H groups in total. The average Bonchev–Trinajstić information content (AvgIpc) is 2.34. The van der Waals surface area contributed by atoms with Crippen LogP contribution >= 0.6 is 12.0 Å². The highest BCUT2D eigenvalue weighted by Crippen LogP contribution is 2.26. The maximum atomic E-state index is 11.0. The van der Waals surface area contributed by atoms with E-state index in [1.165, 1.54) is 12.1 Å². The van der Waals surface area contributed by atoms with E-state index in [1.807, 2.05) is 0 Å². The summed E-state index contributed by atoms with van der Waals surface area (Å²) in [5.41, 5.74) is 0. The highest BCUT2D eigenvalue weighted by atomic mass is 32.2. The van der Waals surface area contributed by atoms with E-state index in [2.05, 4.69) is 9.37 Å². The maximum absolute atomic E-state index is 11.0. The number of hydrogen-bond acceptors (Lipinski definition) is 6. The van der Waals surface area contributed by atoms with Crippen LogP contribution in [0.4, 0.5) is 0 Å². The lowest BCUT2D eigenvalue weighted by atomic mass is 10.1. The maximum Gasteiger partial charge on any atom is 0.294 e. The Bertz CT molecular complexity index is 667. The van der Waals surface area contributed by atoms with E-state index in [9.17, 15) is 8.42 Å². The Kier molecular flexibility index (Phi) is 3.85. The van der Waals surface area contributed by atoms with Crippen LogP contribution < -0.4 is 0 Å². The van der Waals surface area contributed by atoms with Gasteiger partial charge < -0.3 is 0 Å². The number of fused-ring (bicyclic) bond motifs is 1. The van der Waals surface area contributed by atoms with Crippen LogP contribution in [0.5, 0.6) is 0 Å². The summed E-state index contributed by atoms with van der Waals surface area (Å²) in [7, 11) is -4.20. The van der Waals surface area contributed by atoms with Gasteiger partial charge in [-0.1, -0.05) is 17.2 Å². The predicted molar refractivity (Wildman–Crippen MR) is 64.4 cm³/mol. The molecule has 0 saturated heterocycles. The van der Waals surface area contributed by atoms with Gasteiger partial charge in [-0.15, -0.1) is 4.33 Å². The minimum absolute atomic E-state index is 0.162. The summed E-state index contributed by atoms with van der Waals surface area (Å²) in [5.74, 6) is 0. The first-order valence-electron chi connectivity index (χ1n) is 4.67. The van der Waals surface area contributed by atoms with E-state index in [4.69, 9.17) is 9.81 Å². The van der Waals surface area contributed by atoms with Crippen molar-refractivity contribution in [1.29, 1.82) is 0 Å². The van der Waals surface area contributed by atoms with Crippen molar-refractivity contribution >= 4 is 32.9 Å². The monoisotopic (exact) mass is 288 g/mol. The quantitative estimate of drug-likeness (QED) is 0.386. The van der Waals surface area contributed by atoms with E-state index >= 15 is 0 Å². The van der Waals surface area contributed by atoms with Crippen LogP contribution in [0.25, 0.3) is 10.8 Å². The molecule has 0 radical (unpaired) electrons. The van der Waals surface area contributed by atoms with Crippen molar-refractivity contribution in [3.8, 4) is 0 Å². The number of rotatable bonds is 4. The van der Waals surface area contributed by atoms with Crippen LogP contribution in [0.3, 0.4) is 0 Å². The van der Waals surface area contributed by atoms with Gasteiger partial charge in [0.05, 0.1) is 16.9 Å². The van der Waals surface area contributed by atoms with Gasteiger partial charge in [0.2, 0.25) is 0 Å². The Labute approximate surface area is 107 Å². The van der Waals surface area contributed by atoms with Crippen molar-refractivity contribution in [1.82, 2.24) is 0 Å². The van der Waals surface area contributed by atoms with Gasteiger partial charge in [-0.05, 0) is 35.0 Å². The third-order valence-electron chi connectivity index (χ3n) is 2.24. The fourth-order valence-corrected chi connectivity index (χ4v) is 2.39. The Balaban J connectivity index is 2.42. The first-order chi connectivity index (χ1) is 8.50. The molecule has 0 atom stereocenters. The summed E-state index contributed by atoms with van der Waals surface area (Å²) in [5, 5.41) is 12.9. The van der Waals surface area contributed by atoms with Gasteiger partial charge in [0, 0.05) is 4.90 Å². The Morgan fingerprint density at radius 3 is 2.39 bits per heavy atom. The fourth-order valence-electron chi connectivity index (χ4n) is 1.47. The number of benzene rings is 2. The van der Waals surface area contributed by atoms with Crippen molar-refractivity contribution in [2.24, 2.45) is 0 Å². The molecule has 2 aromatic carbocycles. The van der Waals surface area contributed by atoms with Crippen LogP contribution in [-0.4, -0.2) is 18.2 Å². The molecular weight excluding hydrogens is 280 g/mol. The minimum Gasteiger partial charge on any atom is -0.282 e. The molecule has 0 spiro atoms. The van der Waals surface area contributed by atoms with Gasteiger partial charge in [-0.3, -0.25) is 4.55 Å². The van der Waals surface area contributed by atoms with Gasteiger partial charge >= 0.3 is 0 Å². The molecule has 0 unspecified atom stereocenters. The topological polar surface area (TPSA) is 93.1 Å². The van der Waals surface area contributed by atoms with Crippen molar-refractivity contribution in [2.45, 2.75) is 9.79 Å². The minimum atomic E-state index is -4.20. The second-order valence-corrected chi connectivity index (χ2v) is 5.57. The molecule has 2 aromatic rings. The molecule has 8 heteroatoms. The van der Waals surface area contributed by atoms with Gasteiger partial charge in [-0.25, -0.2) is 5.26 Å². The van der Waals surface area contributed by atoms with E-state index in [-0.39, 0.29) is 4.90 Å². The van der Waals surface area contributed by atoms with E-state index in [1.54, 1.807) is 24.3 Å². The molecular formula is C10H8O6S2. The lowest BCUT2D eigenvalue weighted by Crippen LogP contribution is -1.97. The van der Waals surface area contributed by atoms with E-state index in [0.717, 1.165) is 17.4 Å². The molecule has 2 rings (SSSR count). The fraction of sp³-hybridized carbons (Fsp3) is 0. The zero-order chi connectivity index (χ0) is 13.2. The Hall–Kier alpha value is -1.16. The largest absolute Gasteiger partial charge is 0.294 e. The summed E-state index contributed by atoms with van der Waals surface area (Å²) in [6, 6.07) is 9.25. The summed E-state index contributed by atoms with van der Waals surface area (Å²) < 4.78 is 35.1. The van der Waals surface area contributed by atoms with E-state index in [0.29, 0.717) is 10.3 Å². The zero-order valence-electron chi connectivity index (χ0n) is 8.81. The SMILES string of the molecule is O=S(=O)(O)c1ccc2cc(SOOO)ccc2c1. The van der Waals surface area contributed by atoms with Crippen molar-refractivity contribution in [3.05, 3.63) is 36.4 Å². The molecule has 0 bridgehead atoms. The summed E-state index contributed by atoms with van der Waals surface area (Å²) in [4.78, 5) is 0.501. The van der Waals surface area contributed by atoms with Gasteiger partial charge in [-0.2, -0.15) is 8.42 Å². The second-order valence-electron chi connectivity index (χ2n) is 3.37. The highest BCUT2D eigenvalue weighted by Gasteiger charge is 2.10. The molecule has 96 valence electrons. The molecule has 0 heterocycles. The average molecular weight is 288 g/mol. The highest BCUT2D eigenvalue weighted by molar-refractivity contribution is 7.94. The Morgan fingerprint density at radius 2 is 1.72 bits per heavy atom. The van der Waals surface area contributed by atoms with Crippen LogP contribution in [0.2, 0.25) is 0 Å². The molecule has 0 aromatic heterocycles. The van der Waals surface area contributed by atoms with Crippen molar-refractivity contribution < 1.29 is 27.6 Å². The molecule has 18 heavy (non-hydrogen) atoms. The lowest BCUT2D eigenvalue weighted by molar-refractivity contribution is -0.432. The molecule has 0 amide bonds. The molecule has 0 saturated carbocycles. The zero-order valence-corrected chi connectivity index (χ0v) is 10.4. The summed E-state index contributed by atoms with van der Waals surface area (Å²) >= 11 is 0.805. The van der Waals surface area contributed by atoms with Crippen molar-refractivity contribution in [2.75, 3.05) is 0 Å². The molecule has 0 fully saturated rings. The molecule has 0 aliphatic rings. The molecule has 0 aliphatic heterocycles. The normalized spacial score (nSPS) is 11.9. The van der Waals surface area contributed by atoms with Crippen LogP contribution in [0.1, 0.15) is 0 Å². The van der Waals surface area contributed by atoms with Gasteiger partial charge in [0.25, 0.3) is 10.1 Å². The Morgan fingerprint density at radius 1 is 1.06 bits per heavy atom. The number of hydrogen-bond donors (Lipinski definition) is 2. The van der Waals surface area contributed by atoms with Crippen LogP contribution in [0.15, 0.2) is 46.2 Å². The summed E-state index contributed by atoms with van der Waals surface area (Å²) in [6.07, 6.45) is 0. The van der Waals surface area contributed by atoms with Crippen LogP contribution in [0, 0.1) is 0 Å². The lowest BCUT2D eigenvalue weighted by Gasteiger charge is -2.03. The van der Waals surface area contributed by atoms with Crippen molar-refractivity contribution in [3.63, 3.8) is 0 Å². The van der Waals surface area contributed by atoms with Crippen LogP contribution in [-0.2, 0) is 19.5 Å². The second kappa shape index (κ2) is 5.22.